The predicted molar refractivity (Wildman–Crippen MR) is 48.9 cm³/mol. The third-order valence-corrected chi connectivity index (χ3v) is 2.08. The maximum atomic E-state index is 13.4. The molecule has 0 bridgehead atoms. The fourth-order valence-electron chi connectivity index (χ4n) is 1.35. The van der Waals surface area contributed by atoms with Crippen molar-refractivity contribution in [3.05, 3.63) is 35.1 Å². The zero-order valence-electron chi connectivity index (χ0n) is 8.19. The summed E-state index contributed by atoms with van der Waals surface area (Å²) in [4.78, 5) is 0. The number of nitrogens with two attached hydrogens (primary N) is 1. The highest BCUT2D eigenvalue weighted by Gasteiger charge is 2.35. The molecule has 0 aromatic heterocycles. The molecule has 0 aliphatic carbocycles. The lowest BCUT2D eigenvalue weighted by Gasteiger charge is -2.15. The smallest absolute Gasteiger partial charge is 0.330 e. The normalized spacial score (nSPS) is 13.9. The molecule has 0 fully saturated rings. The average molecular weight is 239 g/mol. The van der Waals surface area contributed by atoms with Gasteiger partial charge in [-0.15, -0.1) is 0 Å². The molecule has 6 heteroatoms. The van der Waals surface area contributed by atoms with E-state index in [1.165, 1.54) is 0 Å². The molecule has 1 atom stereocenters. The van der Waals surface area contributed by atoms with Gasteiger partial charge in [-0.3, -0.25) is 0 Å². The first-order valence-corrected chi connectivity index (χ1v) is 4.57. The standard InChI is InChI=1S/C10H10F5N/c11-6-1-2-7(9(12)3-4-16)8(5-6)10(13,14)15/h1-2,5,9H,3-4,16H2. The second kappa shape index (κ2) is 4.78. The number of alkyl halides is 4. The number of hydrogen-bond donors (Lipinski definition) is 1. The van der Waals surface area contributed by atoms with Gasteiger partial charge >= 0.3 is 6.18 Å². The summed E-state index contributed by atoms with van der Waals surface area (Å²) in [7, 11) is 0. The molecular weight excluding hydrogens is 229 g/mol. The van der Waals surface area contributed by atoms with Gasteiger partial charge in [-0.05, 0) is 30.7 Å². The lowest BCUT2D eigenvalue weighted by Crippen LogP contribution is -2.13. The molecule has 0 amide bonds. The summed E-state index contributed by atoms with van der Waals surface area (Å²) in [5, 5.41) is 0. The predicted octanol–water partition coefficient (Wildman–Crippen LogP) is 3.20. The highest BCUT2D eigenvalue weighted by Crippen LogP contribution is 2.36. The molecule has 2 N–H and O–H groups in total. The van der Waals surface area contributed by atoms with Crippen molar-refractivity contribution in [1.82, 2.24) is 0 Å². The molecule has 0 saturated carbocycles. The van der Waals surface area contributed by atoms with Crippen molar-refractivity contribution < 1.29 is 22.0 Å². The van der Waals surface area contributed by atoms with Crippen LogP contribution in [0.5, 0.6) is 0 Å². The zero-order chi connectivity index (χ0) is 12.3. The Morgan fingerprint density at radius 3 is 2.38 bits per heavy atom. The average Bonchev–Trinajstić information content (AvgIpc) is 2.16. The van der Waals surface area contributed by atoms with Crippen LogP contribution in [0.1, 0.15) is 23.7 Å². The van der Waals surface area contributed by atoms with Crippen molar-refractivity contribution in [2.75, 3.05) is 6.54 Å². The largest absolute Gasteiger partial charge is 0.416 e. The van der Waals surface area contributed by atoms with E-state index in [-0.39, 0.29) is 13.0 Å². The minimum absolute atomic E-state index is 0.0736. The van der Waals surface area contributed by atoms with Gasteiger partial charge in [0.1, 0.15) is 12.0 Å². The van der Waals surface area contributed by atoms with E-state index in [1.807, 2.05) is 0 Å². The molecule has 0 spiro atoms. The number of hydrogen-bond acceptors (Lipinski definition) is 1. The molecule has 0 aliphatic heterocycles. The SMILES string of the molecule is NCCC(F)c1ccc(F)cc1C(F)(F)F. The van der Waals surface area contributed by atoms with Gasteiger partial charge in [0, 0.05) is 0 Å². The monoisotopic (exact) mass is 239 g/mol. The Bertz CT molecular complexity index is 361. The Labute approximate surface area is 89.1 Å². The summed E-state index contributed by atoms with van der Waals surface area (Å²) in [5.74, 6) is -1.05. The quantitative estimate of drug-likeness (QED) is 0.805. The van der Waals surface area contributed by atoms with E-state index in [9.17, 15) is 22.0 Å². The van der Waals surface area contributed by atoms with Crippen molar-refractivity contribution in [2.24, 2.45) is 5.73 Å². The van der Waals surface area contributed by atoms with Crippen molar-refractivity contribution in [1.29, 1.82) is 0 Å². The summed E-state index contributed by atoms with van der Waals surface area (Å²) in [6.45, 7) is -0.0736. The van der Waals surface area contributed by atoms with E-state index in [2.05, 4.69) is 0 Å². The molecule has 0 saturated heterocycles. The molecule has 1 nitrogen and oxygen atoms in total. The lowest BCUT2D eigenvalue weighted by molar-refractivity contribution is -0.139. The van der Waals surface area contributed by atoms with E-state index in [4.69, 9.17) is 5.73 Å². The van der Waals surface area contributed by atoms with Crippen molar-refractivity contribution in [3.63, 3.8) is 0 Å². The first-order chi connectivity index (χ1) is 7.36. The van der Waals surface area contributed by atoms with Crippen LogP contribution in [0, 0.1) is 5.82 Å². The minimum atomic E-state index is -4.77. The fraction of sp³-hybridized carbons (Fsp3) is 0.400. The topological polar surface area (TPSA) is 26.0 Å². The molecule has 1 unspecified atom stereocenters. The first kappa shape index (κ1) is 12.9. The van der Waals surface area contributed by atoms with Gasteiger partial charge < -0.3 is 5.73 Å². The van der Waals surface area contributed by atoms with Crippen molar-refractivity contribution >= 4 is 0 Å². The Morgan fingerprint density at radius 2 is 1.88 bits per heavy atom. The molecule has 90 valence electrons. The van der Waals surface area contributed by atoms with Crippen molar-refractivity contribution in [2.45, 2.75) is 18.8 Å². The second-order valence-electron chi connectivity index (χ2n) is 3.27. The molecule has 0 radical (unpaired) electrons. The zero-order valence-corrected chi connectivity index (χ0v) is 8.19. The molecule has 16 heavy (non-hydrogen) atoms. The third kappa shape index (κ3) is 2.91. The molecule has 0 heterocycles. The van der Waals surface area contributed by atoms with Crippen LogP contribution in [-0.2, 0) is 6.18 Å². The van der Waals surface area contributed by atoms with Gasteiger partial charge in [0.05, 0.1) is 5.56 Å². The lowest BCUT2D eigenvalue weighted by atomic mass is 10.0. The molecular formula is C10H10F5N. The summed E-state index contributed by atoms with van der Waals surface area (Å²) in [6.07, 6.45) is -6.83. The van der Waals surface area contributed by atoms with Crippen LogP contribution < -0.4 is 5.73 Å². The number of halogens is 5. The maximum absolute atomic E-state index is 13.4. The van der Waals surface area contributed by atoms with E-state index < -0.39 is 29.3 Å². The van der Waals surface area contributed by atoms with Gasteiger partial charge in [-0.2, -0.15) is 13.2 Å². The van der Waals surface area contributed by atoms with Gasteiger partial charge in [0.25, 0.3) is 0 Å². The molecule has 0 aliphatic rings. The van der Waals surface area contributed by atoms with Crippen LogP contribution in [0.3, 0.4) is 0 Å². The highest BCUT2D eigenvalue weighted by molar-refractivity contribution is 5.32. The van der Waals surface area contributed by atoms with Crippen LogP contribution in [0.2, 0.25) is 0 Å². The first-order valence-electron chi connectivity index (χ1n) is 4.57. The van der Waals surface area contributed by atoms with Crippen LogP contribution in [0.25, 0.3) is 0 Å². The van der Waals surface area contributed by atoms with Gasteiger partial charge in [-0.25, -0.2) is 8.78 Å². The van der Waals surface area contributed by atoms with Gasteiger partial charge in [-0.1, -0.05) is 6.07 Å². The van der Waals surface area contributed by atoms with Crippen LogP contribution in [-0.4, -0.2) is 6.54 Å². The van der Waals surface area contributed by atoms with Crippen molar-refractivity contribution in [3.8, 4) is 0 Å². The van der Waals surface area contributed by atoms with E-state index >= 15 is 0 Å². The summed E-state index contributed by atoms with van der Waals surface area (Å²) < 4.78 is 63.4. The van der Waals surface area contributed by atoms with E-state index in [0.29, 0.717) is 6.07 Å². The Hall–Kier alpha value is -1.17. The second-order valence-corrected chi connectivity index (χ2v) is 3.27. The summed E-state index contributed by atoms with van der Waals surface area (Å²) >= 11 is 0. The Kier molecular flexibility index (Phi) is 3.85. The molecule has 1 aromatic carbocycles. The third-order valence-electron chi connectivity index (χ3n) is 2.08. The Balaban J connectivity index is 3.18. The van der Waals surface area contributed by atoms with Gasteiger partial charge in [0.15, 0.2) is 0 Å². The van der Waals surface area contributed by atoms with Crippen LogP contribution in [0.15, 0.2) is 18.2 Å². The highest BCUT2D eigenvalue weighted by atomic mass is 19.4. The van der Waals surface area contributed by atoms with E-state index in [1.54, 1.807) is 0 Å². The number of rotatable bonds is 3. The summed E-state index contributed by atoms with van der Waals surface area (Å²) in [6, 6.07) is 1.89. The summed E-state index contributed by atoms with van der Waals surface area (Å²) in [5.41, 5.74) is 3.21. The molecule has 1 rings (SSSR count). The molecule has 1 aromatic rings. The Morgan fingerprint density at radius 1 is 1.25 bits per heavy atom. The maximum Gasteiger partial charge on any atom is 0.416 e. The van der Waals surface area contributed by atoms with E-state index in [0.717, 1.165) is 12.1 Å². The van der Waals surface area contributed by atoms with Gasteiger partial charge in [0.2, 0.25) is 0 Å². The number of benzene rings is 1. The fourth-order valence-corrected chi connectivity index (χ4v) is 1.35. The minimum Gasteiger partial charge on any atom is -0.330 e. The van der Waals surface area contributed by atoms with Crippen LogP contribution >= 0.6 is 0 Å². The van der Waals surface area contributed by atoms with Crippen LogP contribution in [0.4, 0.5) is 22.0 Å².